The van der Waals surface area contributed by atoms with Gasteiger partial charge in [-0.2, -0.15) is 0 Å². The summed E-state index contributed by atoms with van der Waals surface area (Å²) in [5.74, 6) is 1.36. The maximum Gasteiger partial charge on any atom is 0.257 e. The Bertz CT molecular complexity index is 924. The van der Waals surface area contributed by atoms with Crippen LogP contribution in [-0.4, -0.2) is 38.1 Å². The molecule has 0 atom stereocenters. The van der Waals surface area contributed by atoms with E-state index in [4.69, 9.17) is 9.47 Å². The van der Waals surface area contributed by atoms with Gasteiger partial charge in [-0.1, -0.05) is 104 Å². The third kappa shape index (κ3) is 11.6. The van der Waals surface area contributed by atoms with Gasteiger partial charge in [0, 0.05) is 13.1 Å². The van der Waals surface area contributed by atoms with E-state index in [-0.39, 0.29) is 35.9 Å². The zero-order valence-corrected chi connectivity index (χ0v) is 24.3. The molecule has 0 spiro atoms. The van der Waals surface area contributed by atoms with Gasteiger partial charge in [-0.25, -0.2) is 0 Å². The Labute approximate surface area is 229 Å². The fourth-order valence-electron chi connectivity index (χ4n) is 4.23. The van der Waals surface area contributed by atoms with Gasteiger partial charge in [0.1, 0.15) is 11.5 Å². The monoisotopic (exact) mass is 524 g/mol. The number of para-hydroxylation sites is 2. The van der Waals surface area contributed by atoms with Crippen molar-refractivity contribution in [1.29, 1.82) is 0 Å². The summed E-state index contributed by atoms with van der Waals surface area (Å²) in [6.45, 7) is 14.2. The maximum absolute atomic E-state index is 12.1. The van der Waals surface area contributed by atoms with Crippen molar-refractivity contribution >= 4 is 11.8 Å². The minimum atomic E-state index is -0.0877. The molecule has 2 aromatic rings. The largest absolute Gasteiger partial charge is 0.483 e. The van der Waals surface area contributed by atoms with Crippen LogP contribution in [0.2, 0.25) is 0 Å². The van der Waals surface area contributed by atoms with Gasteiger partial charge >= 0.3 is 0 Å². The van der Waals surface area contributed by atoms with E-state index in [1.807, 2.05) is 48.5 Å². The summed E-state index contributed by atoms with van der Waals surface area (Å²) in [5, 5.41) is 5.89. The van der Waals surface area contributed by atoms with Crippen LogP contribution in [-0.2, 0) is 20.4 Å². The Morgan fingerprint density at radius 2 is 0.921 bits per heavy atom. The summed E-state index contributed by atoms with van der Waals surface area (Å²) in [4.78, 5) is 24.3. The van der Waals surface area contributed by atoms with E-state index in [2.05, 4.69) is 52.2 Å². The van der Waals surface area contributed by atoms with Gasteiger partial charge in [-0.3, -0.25) is 9.59 Å². The summed E-state index contributed by atoms with van der Waals surface area (Å²) in [7, 11) is 0. The smallest absolute Gasteiger partial charge is 0.257 e. The molecule has 210 valence electrons. The Kier molecular flexibility index (Phi) is 12.6. The lowest BCUT2D eigenvalue weighted by atomic mass is 9.86. The molecule has 0 aliphatic carbocycles. The molecule has 6 heteroatoms. The topological polar surface area (TPSA) is 76.7 Å². The molecule has 38 heavy (non-hydrogen) atoms. The van der Waals surface area contributed by atoms with Crippen LogP contribution in [0.25, 0.3) is 0 Å². The molecule has 0 unspecified atom stereocenters. The first kappa shape index (κ1) is 31.2. The molecular formula is C32H48N2O4. The average Bonchev–Trinajstić information content (AvgIpc) is 2.86. The number of ether oxygens (including phenoxy) is 2. The van der Waals surface area contributed by atoms with Gasteiger partial charge in [0.25, 0.3) is 11.8 Å². The number of carbonyl (C=O) groups is 2. The Hall–Kier alpha value is -3.02. The summed E-state index contributed by atoms with van der Waals surface area (Å²) < 4.78 is 11.6. The number of rotatable bonds is 15. The standard InChI is InChI=1S/C32H48N2O4/c1-31(2,3)25-17-11-13-19-27(25)37-23-29(35)33-21-15-9-7-8-10-16-22-34-30(36)24-38-28-20-14-12-18-26(28)32(4,5)6/h11-14,17-20H,7-10,15-16,21-24H2,1-6H3,(H,33,35)(H,34,36). The van der Waals surface area contributed by atoms with E-state index in [1.54, 1.807) is 0 Å². The van der Waals surface area contributed by atoms with Crippen molar-refractivity contribution in [2.75, 3.05) is 26.3 Å². The van der Waals surface area contributed by atoms with E-state index in [0.29, 0.717) is 13.1 Å². The van der Waals surface area contributed by atoms with Crippen molar-refractivity contribution < 1.29 is 19.1 Å². The summed E-state index contributed by atoms with van der Waals surface area (Å²) in [6.07, 6.45) is 6.28. The molecule has 0 fully saturated rings. The second-order valence-corrected chi connectivity index (χ2v) is 11.9. The molecule has 0 saturated carbocycles. The van der Waals surface area contributed by atoms with Crippen molar-refractivity contribution in [3.63, 3.8) is 0 Å². The lowest BCUT2D eigenvalue weighted by molar-refractivity contribution is -0.123. The van der Waals surface area contributed by atoms with Crippen LogP contribution in [0.15, 0.2) is 48.5 Å². The number of amides is 2. The minimum absolute atomic E-state index is 0.0347. The van der Waals surface area contributed by atoms with Crippen LogP contribution in [0.1, 0.15) is 91.2 Å². The zero-order valence-electron chi connectivity index (χ0n) is 24.3. The van der Waals surface area contributed by atoms with Crippen LogP contribution < -0.4 is 20.1 Å². The Morgan fingerprint density at radius 1 is 0.579 bits per heavy atom. The summed E-state index contributed by atoms with van der Waals surface area (Å²) in [6, 6.07) is 15.8. The fourth-order valence-corrected chi connectivity index (χ4v) is 4.23. The van der Waals surface area contributed by atoms with Crippen LogP contribution in [0.4, 0.5) is 0 Å². The molecule has 0 radical (unpaired) electrons. The average molecular weight is 525 g/mol. The van der Waals surface area contributed by atoms with Crippen LogP contribution in [0, 0.1) is 0 Å². The molecule has 0 aliphatic rings. The summed E-state index contributed by atoms with van der Waals surface area (Å²) >= 11 is 0. The molecule has 0 saturated heterocycles. The second kappa shape index (κ2) is 15.4. The lowest BCUT2D eigenvalue weighted by Crippen LogP contribution is -2.30. The molecule has 2 rings (SSSR count). The Balaban J connectivity index is 1.48. The van der Waals surface area contributed by atoms with Crippen LogP contribution in [0.3, 0.4) is 0 Å². The highest BCUT2D eigenvalue weighted by Gasteiger charge is 2.19. The van der Waals surface area contributed by atoms with Crippen molar-refractivity contribution in [2.45, 2.75) is 90.9 Å². The van der Waals surface area contributed by atoms with Crippen molar-refractivity contribution in [3.05, 3.63) is 59.7 Å². The second-order valence-electron chi connectivity index (χ2n) is 11.9. The SMILES string of the molecule is CC(C)(C)c1ccccc1OCC(=O)NCCCCCCCCNC(=O)COc1ccccc1C(C)(C)C. The third-order valence-electron chi connectivity index (χ3n) is 6.36. The van der Waals surface area contributed by atoms with E-state index in [9.17, 15) is 9.59 Å². The number of unbranched alkanes of at least 4 members (excludes halogenated alkanes) is 5. The predicted octanol–water partition coefficient (Wildman–Crippen LogP) is 6.31. The fraction of sp³-hybridized carbons (Fsp3) is 0.562. The van der Waals surface area contributed by atoms with Crippen LogP contribution in [0.5, 0.6) is 11.5 Å². The van der Waals surface area contributed by atoms with E-state index in [1.165, 1.54) is 0 Å². The minimum Gasteiger partial charge on any atom is -0.483 e. The van der Waals surface area contributed by atoms with Gasteiger partial charge in [0.05, 0.1) is 0 Å². The number of hydrogen-bond donors (Lipinski definition) is 2. The van der Waals surface area contributed by atoms with Gasteiger partial charge in [-0.15, -0.1) is 0 Å². The normalized spacial score (nSPS) is 11.6. The molecule has 0 bridgehead atoms. The number of benzene rings is 2. The van der Waals surface area contributed by atoms with E-state index >= 15 is 0 Å². The predicted molar refractivity (Wildman–Crippen MR) is 155 cm³/mol. The van der Waals surface area contributed by atoms with Gasteiger partial charge in [0.2, 0.25) is 0 Å². The quantitative estimate of drug-likeness (QED) is 0.268. The van der Waals surface area contributed by atoms with Crippen molar-refractivity contribution in [1.82, 2.24) is 10.6 Å². The molecule has 0 heterocycles. The molecule has 0 aliphatic heterocycles. The Morgan fingerprint density at radius 3 is 1.29 bits per heavy atom. The first-order valence-electron chi connectivity index (χ1n) is 14.0. The molecule has 6 nitrogen and oxygen atoms in total. The first-order valence-corrected chi connectivity index (χ1v) is 14.0. The van der Waals surface area contributed by atoms with Gasteiger partial charge < -0.3 is 20.1 Å². The first-order chi connectivity index (χ1) is 18.0. The number of hydrogen-bond acceptors (Lipinski definition) is 4. The van der Waals surface area contributed by atoms with Gasteiger partial charge in [0.15, 0.2) is 13.2 Å². The van der Waals surface area contributed by atoms with E-state index < -0.39 is 0 Å². The highest BCUT2D eigenvalue weighted by Crippen LogP contribution is 2.31. The van der Waals surface area contributed by atoms with E-state index in [0.717, 1.165) is 61.2 Å². The number of carbonyl (C=O) groups excluding carboxylic acids is 2. The number of nitrogens with one attached hydrogen (secondary N) is 2. The summed E-state index contributed by atoms with van der Waals surface area (Å²) in [5.41, 5.74) is 2.13. The molecule has 0 aromatic heterocycles. The third-order valence-corrected chi connectivity index (χ3v) is 6.36. The lowest BCUT2D eigenvalue weighted by Gasteiger charge is -2.22. The molecular weight excluding hydrogens is 476 g/mol. The maximum atomic E-state index is 12.1. The zero-order chi connectivity index (χ0) is 28.0. The van der Waals surface area contributed by atoms with Gasteiger partial charge in [-0.05, 0) is 46.9 Å². The molecule has 2 amide bonds. The highest BCUT2D eigenvalue weighted by molar-refractivity contribution is 5.77. The molecule has 2 aromatic carbocycles. The molecule has 2 N–H and O–H groups in total. The highest BCUT2D eigenvalue weighted by atomic mass is 16.5. The van der Waals surface area contributed by atoms with Crippen LogP contribution >= 0.6 is 0 Å². The van der Waals surface area contributed by atoms with Crippen molar-refractivity contribution in [3.8, 4) is 11.5 Å². The van der Waals surface area contributed by atoms with Crippen molar-refractivity contribution in [2.24, 2.45) is 0 Å².